The van der Waals surface area contributed by atoms with Gasteiger partial charge in [0.2, 0.25) is 0 Å². The van der Waals surface area contributed by atoms with Crippen LogP contribution < -0.4 is 11.1 Å². The van der Waals surface area contributed by atoms with Gasteiger partial charge >= 0.3 is 0 Å². The van der Waals surface area contributed by atoms with Gasteiger partial charge in [0.25, 0.3) is 0 Å². The fourth-order valence-corrected chi connectivity index (χ4v) is 4.42. The number of rotatable bonds is 1. The number of nitrogens with one attached hydrogen (secondary N) is 1. The Hall–Kier alpha value is -0.120. The van der Waals surface area contributed by atoms with Gasteiger partial charge in [-0.05, 0) is 64.1 Å². The molecule has 16 heavy (non-hydrogen) atoms. The summed E-state index contributed by atoms with van der Waals surface area (Å²) in [6.45, 7) is 2.41. The second-order valence-corrected chi connectivity index (χ2v) is 6.05. The summed E-state index contributed by atoms with van der Waals surface area (Å²) in [6, 6.07) is 2.02. The maximum atomic E-state index is 6.44. The molecule has 0 saturated carbocycles. The van der Waals surface area contributed by atoms with Gasteiger partial charge in [0.05, 0.1) is 0 Å². The van der Waals surface area contributed by atoms with Gasteiger partial charge in [-0.25, -0.2) is 0 Å². The van der Waals surface area contributed by atoms with Crippen LogP contribution in [0, 0.1) is 11.8 Å². The molecule has 0 aromatic heterocycles. The Balaban J connectivity index is 1.76. The Bertz CT molecular complexity index is 250. The second-order valence-electron chi connectivity index (χ2n) is 6.05. The quantitative estimate of drug-likeness (QED) is 0.691. The molecule has 5 atom stereocenters. The lowest BCUT2D eigenvalue weighted by Gasteiger charge is -2.46. The van der Waals surface area contributed by atoms with Gasteiger partial charge < -0.3 is 16.0 Å². The third-order valence-electron chi connectivity index (χ3n) is 5.26. The van der Waals surface area contributed by atoms with E-state index >= 15 is 0 Å². The molecule has 3 saturated heterocycles. The zero-order chi connectivity index (χ0) is 11.1. The standard InChI is InChI=1S/C13H25N3/c1-16-10-4-5-12(16)13(11(14)7-10)9-3-2-6-15-8-9/h9-13,15H,2-8,14H2,1H3. The largest absolute Gasteiger partial charge is 0.327 e. The summed E-state index contributed by atoms with van der Waals surface area (Å²) < 4.78 is 0. The van der Waals surface area contributed by atoms with Crippen LogP contribution in [0.15, 0.2) is 0 Å². The van der Waals surface area contributed by atoms with Crippen LogP contribution in [0.2, 0.25) is 0 Å². The van der Waals surface area contributed by atoms with Crippen LogP contribution in [-0.2, 0) is 0 Å². The molecule has 0 amide bonds. The molecule has 0 aliphatic carbocycles. The molecule has 3 aliphatic heterocycles. The third kappa shape index (κ3) is 1.69. The van der Waals surface area contributed by atoms with Gasteiger partial charge in [-0.3, -0.25) is 0 Å². The zero-order valence-electron chi connectivity index (χ0n) is 10.4. The van der Waals surface area contributed by atoms with E-state index in [1.165, 1.54) is 45.2 Å². The molecule has 92 valence electrons. The number of fused-ring (bicyclic) bond motifs is 2. The Morgan fingerprint density at radius 2 is 2.12 bits per heavy atom. The van der Waals surface area contributed by atoms with E-state index in [1.54, 1.807) is 0 Å². The van der Waals surface area contributed by atoms with Gasteiger partial charge in [0, 0.05) is 18.1 Å². The molecule has 0 aromatic rings. The van der Waals surface area contributed by atoms with E-state index in [0.717, 1.165) is 23.9 Å². The lowest BCUT2D eigenvalue weighted by atomic mass is 9.74. The molecule has 5 unspecified atom stereocenters. The van der Waals surface area contributed by atoms with E-state index in [0.29, 0.717) is 6.04 Å². The van der Waals surface area contributed by atoms with Crippen molar-refractivity contribution >= 4 is 0 Å². The van der Waals surface area contributed by atoms with Crippen LogP contribution in [0.5, 0.6) is 0 Å². The van der Waals surface area contributed by atoms with E-state index in [4.69, 9.17) is 5.73 Å². The van der Waals surface area contributed by atoms with Crippen molar-refractivity contribution in [2.75, 3.05) is 20.1 Å². The predicted octanol–water partition coefficient (Wildman–Crippen LogP) is 0.796. The summed E-state index contributed by atoms with van der Waals surface area (Å²) in [7, 11) is 2.32. The summed E-state index contributed by atoms with van der Waals surface area (Å²) in [4.78, 5) is 2.63. The minimum absolute atomic E-state index is 0.457. The van der Waals surface area contributed by atoms with E-state index in [-0.39, 0.29) is 0 Å². The molecule has 3 aliphatic rings. The number of nitrogens with two attached hydrogens (primary N) is 1. The van der Waals surface area contributed by atoms with Gasteiger partial charge in [-0.2, -0.15) is 0 Å². The summed E-state index contributed by atoms with van der Waals surface area (Å²) in [5, 5.41) is 3.55. The first-order valence-corrected chi connectivity index (χ1v) is 6.95. The molecule has 3 N–H and O–H groups in total. The maximum Gasteiger partial charge on any atom is 0.0142 e. The number of hydrogen-bond donors (Lipinski definition) is 2. The molecule has 3 heteroatoms. The van der Waals surface area contributed by atoms with Crippen molar-refractivity contribution < 1.29 is 0 Å². The SMILES string of the molecule is CN1C2CCC1C(C1CCCNC1)C(N)C2. The van der Waals surface area contributed by atoms with Crippen molar-refractivity contribution in [2.24, 2.45) is 17.6 Å². The van der Waals surface area contributed by atoms with Crippen LogP contribution in [0.4, 0.5) is 0 Å². The Morgan fingerprint density at radius 3 is 2.88 bits per heavy atom. The van der Waals surface area contributed by atoms with E-state index < -0.39 is 0 Å². The van der Waals surface area contributed by atoms with Crippen LogP contribution in [0.1, 0.15) is 32.1 Å². The van der Waals surface area contributed by atoms with Crippen LogP contribution in [0.25, 0.3) is 0 Å². The first-order valence-electron chi connectivity index (χ1n) is 6.95. The molecule has 3 heterocycles. The second kappa shape index (κ2) is 4.28. The highest BCUT2D eigenvalue weighted by molar-refractivity contribution is 5.03. The summed E-state index contributed by atoms with van der Waals surface area (Å²) in [5.74, 6) is 1.58. The van der Waals surface area contributed by atoms with Crippen molar-refractivity contribution in [1.82, 2.24) is 10.2 Å². The van der Waals surface area contributed by atoms with Crippen LogP contribution in [-0.4, -0.2) is 43.2 Å². The van der Waals surface area contributed by atoms with Crippen molar-refractivity contribution in [3.05, 3.63) is 0 Å². The Morgan fingerprint density at radius 1 is 1.25 bits per heavy atom. The fraction of sp³-hybridized carbons (Fsp3) is 1.00. The monoisotopic (exact) mass is 223 g/mol. The normalized spacial score (nSPS) is 49.5. The molecule has 0 aromatic carbocycles. The minimum Gasteiger partial charge on any atom is -0.327 e. The van der Waals surface area contributed by atoms with E-state index in [2.05, 4.69) is 17.3 Å². The molecule has 3 rings (SSSR count). The smallest absolute Gasteiger partial charge is 0.0142 e. The lowest BCUT2D eigenvalue weighted by molar-refractivity contribution is 0.0562. The number of hydrogen-bond acceptors (Lipinski definition) is 3. The van der Waals surface area contributed by atoms with Crippen LogP contribution in [0.3, 0.4) is 0 Å². The summed E-state index contributed by atoms with van der Waals surface area (Å²) >= 11 is 0. The van der Waals surface area contributed by atoms with Crippen LogP contribution >= 0.6 is 0 Å². The average molecular weight is 223 g/mol. The fourth-order valence-electron chi connectivity index (χ4n) is 4.42. The third-order valence-corrected chi connectivity index (χ3v) is 5.26. The molecular weight excluding hydrogens is 198 g/mol. The molecule has 3 fully saturated rings. The summed E-state index contributed by atoms with van der Waals surface area (Å²) in [6.07, 6.45) is 6.73. The topological polar surface area (TPSA) is 41.3 Å². The van der Waals surface area contributed by atoms with Crippen molar-refractivity contribution in [2.45, 2.75) is 50.2 Å². The highest BCUT2D eigenvalue weighted by Gasteiger charge is 2.46. The first-order chi connectivity index (χ1) is 7.77. The molecule has 0 radical (unpaired) electrons. The molecule has 3 nitrogen and oxygen atoms in total. The minimum atomic E-state index is 0.457. The van der Waals surface area contributed by atoms with Gasteiger partial charge in [0.15, 0.2) is 0 Å². The first kappa shape index (κ1) is 11.0. The van der Waals surface area contributed by atoms with Crippen molar-refractivity contribution in [3.63, 3.8) is 0 Å². The van der Waals surface area contributed by atoms with Gasteiger partial charge in [0.1, 0.15) is 0 Å². The van der Waals surface area contributed by atoms with E-state index in [1.807, 2.05) is 0 Å². The predicted molar refractivity (Wildman–Crippen MR) is 66.2 cm³/mol. The van der Waals surface area contributed by atoms with Crippen molar-refractivity contribution in [1.29, 1.82) is 0 Å². The highest BCUT2D eigenvalue weighted by atomic mass is 15.2. The molecule has 0 spiro atoms. The van der Waals surface area contributed by atoms with Gasteiger partial charge in [-0.15, -0.1) is 0 Å². The molecular formula is C13H25N3. The maximum absolute atomic E-state index is 6.44. The zero-order valence-corrected chi connectivity index (χ0v) is 10.4. The van der Waals surface area contributed by atoms with Gasteiger partial charge in [-0.1, -0.05) is 0 Å². The van der Waals surface area contributed by atoms with Crippen molar-refractivity contribution in [3.8, 4) is 0 Å². The Kier molecular flexibility index (Phi) is 2.94. The number of piperidine rings is 2. The van der Waals surface area contributed by atoms with E-state index in [9.17, 15) is 0 Å². The number of nitrogens with zero attached hydrogens (tertiary/aromatic N) is 1. The Labute approximate surface area is 98.8 Å². The lowest BCUT2D eigenvalue weighted by Crippen LogP contribution is -2.56. The summed E-state index contributed by atoms with van der Waals surface area (Å²) in [5.41, 5.74) is 6.44. The highest BCUT2D eigenvalue weighted by Crippen LogP contribution is 2.42. The average Bonchev–Trinajstić information content (AvgIpc) is 2.56. The molecule has 2 bridgehead atoms.